The summed E-state index contributed by atoms with van der Waals surface area (Å²) in [4.78, 5) is 23.7. The van der Waals surface area contributed by atoms with Gasteiger partial charge in [0, 0.05) is 35.1 Å². The zero-order chi connectivity index (χ0) is 32.4. The number of carbonyl (C=O) groups is 1. The van der Waals surface area contributed by atoms with Crippen LogP contribution in [0, 0.1) is 0 Å². The second-order valence-electron chi connectivity index (χ2n) is 11.7. The van der Waals surface area contributed by atoms with E-state index in [4.69, 9.17) is 4.74 Å². The van der Waals surface area contributed by atoms with Crippen molar-refractivity contribution in [3.8, 4) is 28.0 Å². The van der Waals surface area contributed by atoms with E-state index in [1.807, 2.05) is 30.5 Å². The standard InChI is InChI=1S/C35H31F3N6O2S/c36-35(37,38)32(28-6-4-8-30-27(28)7-5-13-39-30)42-34(45)31-18-24(22-47-31)29-20-41-44-21-25(19-40-33(29)44)23-9-11-26(12-10-23)46-17-16-43-14-2-1-3-15-43/h4-13,18-22,32H,1-3,14-17H2,(H,42,45)/p+1. The topological polar surface area (TPSA) is 85.9 Å². The number of benzene rings is 2. The molecule has 1 unspecified atom stereocenters. The molecule has 0 radical (unpaired) electrons. The molecule has 1 saturated heterocycles. The normalized spacial score (nSPS) is 14.8. The summed E-state index contributed by atoms with van der Waals surface area (Å²) in [6.07, 6.45) is 5.98. The maximum atomic E-state index is 14.2. The van der Waals surface area contributed by atoms with Crippen molar-refractivity contribution < 1.29 is 27.6 Å². The molecule has 5 heterocycles. The molecule has 12 heteroatoms. The Hall–Kier alpha value is -4.81. The highest BCUT2D eigenvalue weighted by Crippen LogP contribution is 2.37. The monoisotopic (exact) mass is 657 g/mol. The van der Waals surface area contributed by atoms with Gasteiger partial charge >= 0.3 is 6.18 Å². The van der Waals surface area contributed by atoms with Crippen LogP contribution in [0.15, 0.2) is 90.8 Å². The Labute approximate surface area is 272 Å². The number of nitrogens with zero attached hydrogens (tertiary/aromatic N) is 4. The predicted octanol–water partition coefficient (Wildman–Crippen LogP) is 6.15. The van der Waals surface area contributed by atoms with E-state index in [-0.39, 0.29) is 10.4 Å². The summed E-state index contributed by atoms with van der Waals surface area (Å²) >= 11 is 1.06. The van der Waals surface area contributed by atoms with Crippen molar-refractivity contribution in [2.24, 2.45) is 0 Å². The van der Waals surface area contributed by atoms with Gasteiger partial charge in [-0.25, -0.2) is 9.50 Å². The molecule has 0 bridgehead atoms. The molecule has 1 aliphatic heterocycles. The van der Waals surface area contributed by atoms with Crippen LogP contribution in [0.3, 0.4) is 0 Å². The number of nitrogens with one attached hydrogen (secondary N) is 2. The fraction of sp³-hybridized carbons (Fsp3) is 0.257. The van der Waals surface area contributed by atoms with Crippen molar-refractivity contribution in [1.29, 1.82) is 0 Å². The fourth-order valence-corrected chi connectivity index (χ4v) is 6.91. The molecule has 2 N–H and O–H groups in total. The van der Waals surface area contributed by atoms with Gasteiger partial charge in [-0.1, -0.05) is 30.3 Å². The van der Waals surface area contributed by atoms with Gasteiger partial charge in [-0.2, -0.15) is 18.3 Å². The lowest BCUT2D eigenvalue weighted by atomic mass is 10.0. The van der Waals surface area contributed by atoms with Crippen molar-refractivity contribution in [2.45, 2.75) is 31.5 Å². The number of pyridine rings is 1. The molecule has 240 valence electrons. The Morgan fingerprint density at radius 2 is 1.81 bits per heavy atom. The number of ether oxygens (including phenoxy) is 1. The molecule has 7 rings (SSSR count). The number of halogens is 3. The van der Waals surface area contributed by atoms with Crippen LogP contribution in [0.5, 0.6) is 5.75 Å². The van der Waals surface area contributed by atoms with Gasteiger partial charge in [-0.05, 0) is 71.7 Å². The third-order valence-electron chi connectivity index (χ3n) is 8.56. The molecule has 0 aliphatic carbocycles. The summed E-state index contributed by atoms with van der Waals surface area (Å²) in [7, 11) is 0. The number of rotatable bonds is 9. The molecule has 0 spiro atoms. The van der Waals surface area contributed by atoms with Crippen LogP contribution in [0.1, 0.15) is 40.5 Å². The van der Waals surface area contributed by atoms with Crippen LogP contribution in [0.2, 0.25) is 0 Å². The minimum atomic E-state index is -4.72. The summed E-state index contributed by atoms with van der Waals surface area (Å²) in [5.41, 5.74) is 4.05. The predicted molar refractivity (Wildman–Crippen MR) is 175 cm³/mol. The third kappa shape index (κ3) is 6.70. The SMILES string of the molecule is O=C(NC(c1cccc2ncccc12)C(F)(F)F)c1cc(-c2cnn3cc(-c4ccc(OCC[NH+]5CCCCC5)cc4)cnc23)cs1. The summed E-state index contributed by atoms with van der Waals surface area (Å²) in [6, 6.07) is 14.9. The van der Waals surface area contributed by atoms with Crippen LogP contribution in [0.25, 0.3) is 38.8 Å². The van der Waals surface area contributed by atoms with Crippen LogP contribution in [-0.4, -0.2) is 57.9 Å². The van der Waals surface area contributed by atoms with Crippen molar-refractivity contribution >= 4 is 33.8 Å². The van der Waals surface area contributed by atoms with Gasteiger partial charge in [-0.15, -0.1) is 11.3 Å². The molecular formula is C35H32F3N6O2S+. The summed E-state index contributed by atoms with van der Waals surface area (Å²) in [6.45, 7) is 4.15. The van der Waals surface area contributed by atoms with Crippen LogP contribution >= 0.6 is 11.3 Å². The largest absolute Gasteiger partial charge is 0.488 e. The van der Waals surface area contributed by atoms with Gasteiger partial charge in [0.2, 0.25) is 0 Å². The smallest absolute Gasteiger partial charge is 0.412 e. The quantitative estimate of drug-likeness (QED) is 0.195. The Morgan fingerprint density at radius 1 is 0.979 bits per heavy atom. The molecule has 1 amide bonds. The number of carbonyl (C=O) groups excluding carboxylic acids is 1. The lowest BCUT2D eigenvalue weighted by molar-refractivity contribution is -0.904. The van der Waals surface area contributed by atoms with Crippen LogP contribution < -0.4 is 15.0 Å². The lowest BCUT2D eigenvalue weighted by Gasteiger charge is -2.23. The van der Waals surface area contributed by atoms with Crippen molar-refractivity contribution in [1.82, 2.24) is 24.9 Å². The third-order valence-corrected chi connectivity index (χ3v) is 9.49. The highest BCUT2D eigenvalue weighted by atomic mass is 32.1. The number of fused-ring (bicyclic) bond motifs is 2. The number of alkyl halides is 3. The number of thiophene rings is 1. The average Bonchev–Trinajstić information content (AvgIpc) is 3.75. The molecule has 0 saturated carbocycles. The first-order valence-corrected chi connectivity index (χ1v) is 16.4. The molecule has 1 fully saturated rings. The molecule has 1 aliphatic rings. The number of hydrogen-bond acceptors (Lipinski definition) is 6. The van der Waals surface area contributed by atoms with E-state index in [1.54, 1.807) is 51.5 Å². The number of amides is 1. The Morgan fingerprint density at radius 3 is 2.62 bits per heavy atom. The average molecular weight is 658 g/mol. The number of aromatic nitrogens is 4. The first-order valence-electron chi connectivity index (χ1n) is 15.5. The maximum absolute atomic E-state index is 14.2. The Balaban J connectivity index is 1.05. The summed E-state index contributed by atoms with van der Waals surface area (Å²) in [5, 5.41) is 8.72. The number of likely N-dealkylation sites (tertiary alicyclic amines) is 1. The number of hydrogen-bond donors (Lipinski definition) is 2. The second-order valence-corrected chi connectivity index (χ2v) is 12.6. The van der Waals surface area contributed by atoms with Crippen molar-refractivity contribution in [3.63, 3.8) is 0 Å². The number of piperidine rings is 1. The minimum absolute atomic E-state index is 0.0632. The maximum Gasteiger partial charge on any atom is 0.412 e. The Bertz CT molecular complexity index is 2010. The van der Waals surface area contributed by atoms with Crippen molar-refractivity contribution in [3.05, 3.63) is 101 Å². The van der Waals surface area contributed by atoms with Gasteiger partial charge in [-0.3, -0.25) is 9.78 Å². The van der Waals surface area contributed by atoms with E-state index in [0.717, 1.165) is 34.8 Å². The van der Waals surface area contributed by atoms with Gasteiger partial charge in [0.25, 0.3) is 5.91 Å². The Kier molecular flexibility index (Phi) is 8.61. The van der Waals surface area contributed by atoms with E-state index in [1.165, 1.54) is 50.7 Å². The zero-order valence-electron chi connectivity index (χ0n) is 25.3. The molecule has 2 aromatic carbocycles. The highest BCUT2D eigenvalue weighted by molar-refractivity contribution is 7.12. The molecule has 6 aromatic rings. The molecule has 8 nitrogen and oxygen atoms in total. The molecule has 47 heavy (non-hydrogen) atoms. The van der Waals surface area contributed by atoms with E-state index in [2.05, 4.69) is 20.4 Å². The lowest BCUT2D eigenvalue weighted by Crippen LogP contribution is -3.13. The van der Waals surface area contributed by atoms with Gasteiger partial charge in [0.15, 0.2) is 11.7 Å². The summed E-state index contributed by atoms with van der Waals surface area (Å²) < 4.78 is 50.4. The molecule has 1 atom stereocenters. The molecule has 4 aromatic heterocycles. The van der Waals surface area contributed by atoms with E-state index in [0.29, 0.717) is 34.3 Å². The van der Waals surface area contributed by atoms with Crippen molar-refractivity contribution in [2.75, 3.05) is 26.2 Å². The van der Waals surface area contributed by atoms with Gasteiger partial charge < -0.3 is 15.0 Å². The van der Waals surface area contributed by atoms with Gasteiger partial charge in [0.05, 0.1) is 29.7 Å². The number of quaternary nitrogens is 1. The van der Waals surface area contributed by atoms with E-state index < -0.39 is 18.1 Å². The van der Waals surface area contributed by atoms with Gasteiger partial charge in [0.1, 0.15) is 18.9 Å². The second kappa shape index (κ2) is 13.1. The summed E-state index contributed by atoms with van der Waals surface area (Å²) in [5.74, 6) is 0.00454. The zero-order valence-corrected chi connectivity index (χ0v) is 26.2. The molecular weight excluding hydrogens is 625 g/mol. The van der Waals surface area contributed by atoms with Crippen LogP contribution in [0.4, 0.5) is 13.2 Å². The van der Waals surface area contributed by atoms with E-state index >= 15 is 0 Å². The first-order chi connectivity index (χ1) is 22.8. The first kappa shape index (κ1) is 30.8. The fourth-order valence-electron chi connectivity index (χ4n) is 6.10. The highest BCUT2D eigenvalue weighted by Gasteiger charge is 2.43. The van der Waals surface area contributed by atoms with E-state index in [9.17, 15) is 18.0 Å². The van der Waals surface area contributed by atoms with Crippen LogP contribution in [-0.2, 0) is 0 Å². The minimum Gasteiger partial charge on any atom is -0.488 e.